The SMILES string of the molecule is CCOC(=O)CC[C@H](O)Cc1cc2ccc(OC)cc2c2cc(OC)c(OC)cc12. The van der Waals surface area contributed by atoms with Crippen LogP contribution in [0.2, 0.25) is 0 Å². The van der Waals surface area contributed by atoms with Gasteiger partial charge in [-0.15, -0.1) is 0 Å². The number of benzene rings is 3. The molecule has 0 aliphatic rings. The Hall–Kier alpha value is -2.99. The molecule has 0 amide bonds. The van der Waals surface area contributed by atoms with Crippen LogP contribution in [-0.2, 0) is 16.0 Å². The number of hydrogen-bond donors (Lipinski definition) is 1. The Bertz CT molecular complexity index is 1040. The molecule has 6 heteroatoms. The van der Waals surface area contributed by atoms with Crippen LogP contribution in [0, 0.1) is 0 Å². The predicted octanol–water partition coefficient (Wildman–Crippen LogP) is 4.27. The third-order valence-corrected chi connectivity index (χ3v) is 5.19. The molecule has 0 aliphatic heterocycles. The van der Waals surface area contributed by atoms with Crippen molar-refractivity contribution >= 4 is 27.5 Å². The van der Waals surface area contributed by atoms with Crippen molar-refractivity contribution in [1.82, 2.24) is 0 Å². The van der Waals surface area contributed by atoms with E-state index in [0.717, 1.165) is 32.9 Å². The Morgan fingerprint density at radius 2 is 1.63 bits per heavy atom. The van der Waals surface area contributed by atoms with Gasteiger partial charge in [-0.2, -0.15) is 0 Å². The van der Waals surface area contributed by atoms with Gasteiger partial charge in [0.15, 0.2) is 11.5 Å². The number of ether oxygens (including phenoxy) is 4. The average molecular weight is 412 g/mol. The molecule has 0 bridgehead atoms. The molecule has 1 atom stereocenters. The van der Waals surface area contributed by atoms with E-state index in [-0.39, 0.29) is 12.4 Å². The fourth-order valence-corrected chi connectivity index (χ4v) is 3.70. The lowest BCUT2D eigenvalue weighted by Gasteiger charge is -2.17. The van der Waals surface area contributed by atoms with E-state index in [4.69, 9.17) is 18.9 Å². The molecule has 0 radical (unpaired) electrons. The summed E-state index contributed by atoms with van der Waals surface area (Å²) in [5.74, 6) is 1.72. The first kappa shape index (κ1) is 21.7. The number of aliphatic hydroxyl groups excluding tert-OH is 1. The van der Waals surface area contributed by atoms with E-state index in [1.54, 1.807) is 28.3 Å². The zero-order valence-electron chi connectivity index (χ0n) is 17.9. The van der Waals surface area contributed by atoms with Gasteiger partial charge in [-0.25, -0.2) is 0 Å². The summed E-state index contributed by atoms with van der Waals surface area (Å²) in [4.78, 5) is 11.6. The Labute approximate surface area is 176 Å². The first-order valence-electron chi connectivity index (χ1n) is 9.99. The molecule has 6 nitrogen and oxygen atoms in total. The highest BCUT2D eigenvalue weighted by Crippen LogP contribution is 2.39. The van der Waals surface area contributed by atoms with Crippen molar-refractivity contribution in [3.8, 4) is 17.2 Å². The lowest BCUT2D eigenvalue weighted by Crippen LogP contribution is -2.14. The third-order valence-electron chi connectivity index (χ3n) is 5.19. The molecule has 0 spiro atoms. The summed E-state index contributed by atoms with van der Waals surface area (Å²) in [6.07, 6.45) is 0.276. The van der Waals surface area contributed by atoms with E-state index in [2.05, 4.69) is 6.07 Å². The van der Waals surface area contributed by atoms with Crippen molar-refractivity contribution in [3.63, 3.8) is 0 Å². The Kier molecular flexibility index (Phi) is 7.00. The molecule has 0 saturated heterocycles. The van der Waals surface area contributed by atoms with Crippen molar-refractivity contribution < 1.29 is 28.8 Å². The monoisotopic (exact) mass is 412 g/mol. The van der Waals surface area contributed by atoms with Crippen LogP contribution in [0.5, 0.6) is 17.2 Å². The quantitative estimate of drug-likeness (QED) is 0.418. The van der Waals surface area contributed by atoms with Gasteiger partial charge in [0.25, 0.3) is 0 Å². The minimum atomic E-state index is -0.665. The number of aliphatic hydroxyl groups is 1. The highest BCUT2D eigenvalue weighted by molar-refractivity contribution is 6.10. The van der Waals surface area contributed by atoms with Gasteiger partial charge in [0, 0.05) is 6.42 Å². The molecule has 160 valence electrons. The minimum Gasteiger partial charge on any atom is -0.497 e. The van der Waals surface area contributed by atoms with Crippen molar-refractivity contribution in [2.45, 2.75) is 32.3 Å². The third kappa shape index (κ3) is 4.60. The summed E-state index contributed by atoms with van der Waals surface area (Å²) in [5.41, 5.74) is 0.972. The smallest absolute Gasteiger partial charge is 0.305 e. The molecule has 0 unspecified atom stereocenters. The van der Waals surface area contributed by atoms with Gasteiger partial charge in [0.2, 0.25) is 0 Å². The van der Waals surface area contributed by atoms with E-state index >= 15 is 0 Å². The maximum absolute atomic E-state index is 11.6. The number of methoxy groups -OCH3 is 3. The number of hydrogen-bond acceptors (Lipinski definition) is 6. The van der Waals surface area contributed by atoms with Gasteiger partial charge >= 0.3 is 5.97 Å². The molecule has 30 heavy (non-hydrogen) atoms. The first-order valence-corrected chi connectivity index (χ1v) is 9.99. The second kappa shape index (κ2) is 9.67. The molecular formula is C24H28O6. The maximum Gasteiger partial charge on any atom is 0.305 e. The van der Waals surface area contributed by atoms with Gasteiger partial charge in [0.1, 0.15) is 5.75 Å². The first-order chi connectivity index (χ1) is 14.5. The maximum atomic E-state index is 11.6. The molecule has 0 heterocycles. The van der Waals surface area contributed by atoms with Crippen LogP contribution < -0.4 is 14.2 Å². The molecule has 0 saturated carbocycles. The molecule has 0 aromatic heterocycles. The fraction of sp³-hybridized carbons (Fsp3) is 0.375. The van der Waals surface area contributed by atoms with Gasteiger partial charge < -0.3 is 24.1 Å². The zero-order chi connectivity index (χ0) is 21.7. The number of esters is 1. The number of rotatable bonds is 9. The Balaban J connectivity index is 2.06. The van der Waals surface area contributed by atoms with Crippen LogP contribution in [0.4, 0.5) is 0 Å². The van der Waals surface area contributed by atoms with Gasteiger partial charge in [-0.1, -0.05) is 12.1 Å². The molecule has 3 aromatic rings. The Morgan fingerprint density at radius 3 is 2.27 bits per heavy atom. The fourth-order valence-electron chi connectivity index (χ4n) is 3.70. The van der Waals surface area contributed by atoms with Gasteiger partial charge in [0.05, 0.1) is 34.0 Å². The summed E-state index contributed by atoms with van der Waals surface area (Å²) in [6, 6.07) is 11.8. The highest BCUT2D eigenvalue weighted by Gasteiger charge is 2.16. The normalized spacial score (nSPS) is 12.0. The van der Waals surface area contributed by atoms with Crippen LogP contribution in [0.3, 0.4) is 0 Å². The van der Waals surface area contributed by atoms with Crippen molar-refractivity contribution in [1.29, 1.82) is 0 Å². The molecular weight excluding hydrogens is 384 g/mol. The summed E-state index contributed by atoms with van der Waals surface area (Å²) in [5, 5.41) is 14.6. The number of carbonyl (C=O) groups excluding carboxylic acids is 1. The molecule has 3 aromatic carbocycles. The van der Waals surface area contributed by atoms with Gasteiger partial charge in [-0.05, 0) is 71.1 Å². The van der Waals surface area contributed by atoms with E-state index in [1.807, 2.05) is 30.3 Å². The largest absolute Gasteiger partial charge is 0.497 e. The molecule has 1 N–H and O–H groups in total. The highest BCUT2D eigenvalue weighted by atomic mass is 16.5. The zero-order valence-corrected chi connectivity index (χ0v) is 17.9. The molecule has 0 aliphatic carbocycles. The lowest BCUT2D eigenvalue weighted by atomic mass is 9.93. The van der Waals surface area contributed by atoms with Crippen molar-refractivity contribution in [2.24, 2.45) is 0 Å². The molecule has 0 fully saturated rings. The van der Waals surface area contributed by atoms with Crippen LogP contribution in [0.1, 0.15) is 25.3 Å². The second-order valence-electron chi connectivity index (χ2n) is 7.08. The van der Waals surface area contributed by atoms with Crippen molar-refractivity contribution in [3.05, 3.63) is 42.0 Å². The van der Waals surface area contributed by atoms with Crippen LogP contribution in [0.25, 0.3) is 21.5 Å². The Morgan fingerprint density at radius 1 is 0.933 bits per heavy atom. The number of fused-ring (bicyclic) bond motifs is 3. The summed E-state index contributed by atoms with van der Waals surface area (Å²) >= 11 is 0. The summed E-state index contributed by atoms with van der Waals surface area (Å²) < 4.78 is 21.4. The summed E-state index contributed by atoms with van der Waals surface area (Å²) in [6.45, 7) is 2.11. The molecule has 3 rings (SSSR count). The van der Waals surface area contributed by atoms with E-state index in [0.29, 0.717) is 30.9 Å². The average Bonchev–Trinajstić information content (AvgIpc) is 2.76. The topological polar surface area (TPSA) is 74.2 Å². The summed E-state index contributed by atoms with van der Waals surface area (Å²) in [7, 11) is 4.85. The van der Waals surface area contributed by atoms with Crippen LogP contribution in [-0.4, -0.2) is 45.1 Å². The predicted molar refractivity (Wildman–Crippen MR) is 117 cm³/mol. The second-order valence-corrected chi connectivity index (χ2v) is 7.08. The number of carbonyl (C=O) groups is 1. The van der Waals surface area contributed by atoms with E-state index in [9.17, 15) is 9.90 Å². The van der Waals surface area contributed by atoms with Crippen molar-refractivity contribution in [2.75, 3.05) is 27.9 Å². The lowest BCUT2D eigenvalue weighted by molar-refractivity contribution is -0.143. The van der Waals surface area contributed by atoms with Crippen LogP contribution >= 0.6 is 0 Å². The van der Waals surface area contributed by atoms with Gasteiger partial charge in [-0.3, -0.25) is 4.79 Å². The van der Waals surface area contributed by atoms with Crippen LogP contribution in [0.15, 0.2) is 36.4 Å². The minimum absolute atomic E-state index is 0.189. The van der Waals surface area contributed by atoms with E-state index in [1.165, 1.54) is 0 Å². The van der Waals surface area contributed by atoms with E-state index < -0.39 is 6.10 Å². The standard InChI is InChI=1S/C24H28O6/c1-5-30-24(26)9-7-17(25)11-16-10-15-6-8-18(27-2)12-19(15)21-14-23(29-4)22(28-3)13-20(16)21/h6,8,10,12-14,17,25H,5,7,9,11H2,1-4H3/t17-/m0/s1.